The largest absolute Gasteiger partial charge is 0.510 e. The SMILES string of the molecule is C/C=C/C=C/C=C/C(O)C(C)C(O)C(C)/C=C/CC/C=C/C=C/C=C/C=C/C(=O)NC1=C(O)CCC1=O.C/C=C/C=C/CC(OC1OC(C)C(O)C(O)C1O)C(C)C(=O)CC(O)CC(O)CC(O)/C=C/CC(O)CC(O)CC(O)CC(O)/C=C/CC(O)CC(O)CCCN. The number of nitrogens with two attached hydrogens (primary N) is 1. The molecule has 1 amide bonds. The van der Waals surface area contributed by atoms with Crippen molar-refractivity contribution in [3.05, 3.63) is 157 Å². The van der Waals surface area contributed by atoms with Crippen molar-refractivity contribution in [3.63, 3.8) is 0 Å². The van der Waals surface area contributed by atoms with Crippen LogP contribution in [0.25, 0.3) is 0 Å². The minimum absolute atomic E-state index is 0.00511. The van der Waals surface area contributed by atoms with E-state index in [-0.39, 0.29) is 106 Å². The van der Waals surface area contributed by atoms with Crippen molar-refractivity contribution >= 4 is 17.5 Å². The van der Waals surface area contributed by atoms with Crippen LogP contribution in [0.3, 0.4) is 0 Å². The van der Waals surface area contributed by atoms with Crippen molar-refractivity contribution < 1.29 is 100 Å². The Balaban J connectivity index is 0.00000103. The van der Waals surface area contributed by atoms with Crippen molar-refractivity contribution in [2.75, 3.05) is 6.54 Å². The molecule has 2 aliphatic rings. The molecule has 0 radical (unpaired) electrons. The Morgan fingerprint density at radius 2 is 1.11 bits per heavy atom. The Labute approximate surface area is 556 Å². The van der Waals surface area contributed by atoms with Gasteiger partial charge in [-0.15, -0.1) is 0 Å². The first-order valence-electron chi connectivity index (χ1n) is 32.9. The van der Waals surface area contributed by atoms with Crippen molar-refractivity contribution in [1.82, 2.24) is 5.32 Å². The summed E-state index contributed by atoms with van der Waals surface area (Å²) in [5.74, 6) is -2.33. The molecule has 20 unspecified atom stereocenters. The minimum Gasteiger partial charge on any atom is -0.510 e. The van der Waals surface area contributed by atoms with E-state index in [1.165, 1.54) is 31.2 Å². The smallest absolute Gasteiger partial charge is 0.248 e. The van der Waals surface area contributed by atoms with Crippen LogP contribution in [-0.4, -0.2) is 205 Å². The predicted octanol–water partition coefficient (Wildman–Crippen LogP) is 5.02. The fourth-order valence-corrected chi connectivity index (χ4v) is 9.91. The molecule has 0 saturated carbocycles. The molecule has 0 bridgehead atoms. The molecule has 22 nitrogen and oxygen atoms in total. The number of ketones is 2. The van der Waals surface area contributed by atoms with Gasteiger partial charge in [0.25, 0.3) is 0 Å². The number of ether oxygens (including phenoxy) is 2. The molecule has 2 rings (SSSR count). The fraction of sp³-hybridized carbons (Fsp3) is 0.597. The van der Waals surface area contributed by atoms with Crippen LogP contribution in [0.1, 0.15) is 144 Å². The normalized spacial score (nSPS) is 23.6. The Morgan fingerprint density at radius 3 is 1.70 bits per heavy atom. The summed E-state index contributed by atoms with van der Waals surface area (Å²) in [7, 11) is 0. The molecule has 532 valence electrons. The monoisotopic (exact) mass is 1330 g/mol. The van der Waals surface area contributed by atoms with Crippen LogP contribution in [0.2, 0.25) is 0 Å². The molecule has 1 aliphatic heterocycles. The quantitative estimate of drug-likeness (QED) is 0.0165. The number of unbranched alkanes of at least 4 members (excludes halogenated alkanes) is 1. The summed E-state index contributed by atoms with van der Waals surface area (Å²) in [5, 5.41) is 156. The van der Waals surface area contributed by atoms with E-state index in [2.05, 4.69) is 5.32 Å². The molecule has 18 N–H and O–H groups in total. The zero-order valence-electron chi connectivity index (χ0n) is 55.8. The number of amides is 1. The van der Waals surface area contributed by atoms with Gasteiger partial charge in [-0.2, -0.15) is 0 Å². The average molecular weight is 1330 g/mol. The van der Waals surface area contributed by atoms with E-state index in [1.54, 1.807) is 61.6 Å². The number of rotatable bonds is 45. The molecule has 0 aromatic rings. The van der Waals surface area contributed by atoms with E-state index in [0.717, 1.165) is 12.8 Å². The fourth-order valence-electron chi connectivity index (χ4n) is 9.91. The van der Waals surface area contributed by atoms with Gasteiger partial charge in [-0.05, 0) is 97.9 Å². The maximum atomic E-state index is 13.2. The summed E-state index contributed by atoms with van der Waals surface area (Å²) in [6.45, 7) is 11.1. The molecule has 1 fully saturated rings. The highest BCUT2D eigenvalue weighted by molar-refractivity contribution is 6.03. The highest BCUT2D eigenvalue weighted by Gasteiger charge is 2.44. The first-order valence-corrected chi connectivity index (χ1v) is 32.9. The Kier molecular flexibility index (Phi) is 46.8. The van der Waals surface area contributed by atoms with Crippen LogP contribution in [0.5, 0.6) is 0 Å². The summed E-state index contributed by atoms with van der Waals surface area (Å²) < 4.78 is 11.5. The zero-order valence-corrected chi connectivity index (χ0v) is 55.8. The number of aliphatic hydroxyl groups excluding tert-OH is 15. The van der Waals surface area contributed by atoms with Crippen molar-refractivity contribution in [2.24, 2.45) is 23.5 Å². The molecule has 20 atom stereocenters. The Hall–Kier alpha value is -5.45. The zero-order chi connectivity index (χ0) is 70.5. The lowest BCUT2D eigenvalue weighted by Gasteiger charge is -2.41. The van der Waals surface area contributed by atoms with Crippen LogP contribution in [0, 0.1) is 17.8 Å². The van der Waals surface area contributed by atoms with E-state index in [4.69, 9.17) is 15.2 Å². The van der Waals surface area contributed by atoms with E-state index < -0.39 is 122 Å². The van der Waals surface area contributed by atoms with Crippen molar-refractivity contribution in [2.45, 2.75) is 248 Å². The predicted molar refractivity (Wildman–Crippen MR) is 363 cm³/mol. The average Bonchev–Trinajstić information content (AvgIpc) is 0.950. The standard InChI is InChI=1S/C41H73NO15.C31H41NO5/c1-4-5-6-7-16-37(57-41-40(55)39(54)38(53)26(3)56-41)25(2)36(52)24-35(51)23-34(50)21-30(46)14-9-13-29(45)20-33(49)22-32(48)19-28(44)12-8-11-27(43)18-31(47)15-10-17-42;1-4-5-6-13-17-20-26(33)25(3)31(37)24(2)19-16-14-11-9-7-8-10-12-15-18-21-29(36)32-30-27(34)22-23-28(30)35/h4-9,12,14,25-35,37-41,43-51,53-55H,10-11,13,15-24,42H2,1-3H3;4-10,12-13,15-21,24-26,31,33-34,37H,11,14,22-23H2,1-3H3,(H,32,36)/b5-4+,7-6+,12-8+,14-9+;5-4+,9-7+,10-8+,13-6+,15-12+,19-16+,20-17+,21-18+. The lowest BCUT2D eigenvalue weighted by Crippen LogP contribution is -2.58. The van der Waals surface area contributed by atoms with Gasteiger partial charge >= 0.3 is 0 Å². The second-order valence-electron chi connectivity index (χ2n) is 24.2. The topological polar surface area (TPSA) is 411 Å². The van der Waals surface area contributed by atoms with Crippen LogP contribution in [0.15, 0.2) is 157 Å². The van der Waals surface area contributed by atoms with Crippen LogP contribution >= 0.6 is 0 Å². The summed E-state index contributed by atoms with van der Waals surface area (Å²) in [6, 6.07) is 0. The maximum absolute atomic E-state index is 13.2. The number of allylic oxidation sites excluding steroid dienone is 18. The second kappa shape index (κ2) is 50.9. The number of hydrogen-bond acceptors (Lipinski definition) is 21. The summed E-state index contributed by atoms with van der Waals surface area (Å²) in [4.78, 5) is 36.5. The summed E-state index contributed by atoms with van der Waals surface area (Å²) in [5.41, 5.74) is 5.41. The van der Waals surface area contributed by atoms with E-state index in [9.17, 15) is 91.0 Å². The van der Waals surface area contributed by atoms with Crippen LogP contribution in [-0.2, 0) is 23.9 Å². The number of hydrogen-bond donors (Lipinski definition) is 17. The van der Waals surface area contributed by atoms with Crippen molar-refractivity contribution in [1.29, 1.82) is 0 Å². The first-order chi connectivity index (χ1) is 44.6. The third kappa shape index (κ3) is 38.9. The Bertz CT molecular complexity index is 2520. The third-order valence-electron chi connectivity index (χ3n) is 15.6. The lowest BCUT2D eigenvalue weighted by atomic mass is 9.88. The van der Waals surface area contributed by atoms with Gasteiger partial charge in [0.1, 0.15) is 35.6 Å². The van der Waals surface area contributed by atoms with Gasteiger partial charge < -0.3 is 97.1 Å². The third-order valence-corrected chi connectivity index (χ3v) is 15.6. The van der Waals surface area contributed by atoms with Gasteiger partial charge in [0.05, 0.1) is 79.4 Å². The van der Waals surface area contributed by atoms with Gasteiger partial charge in [-0.25, -0.2) is 0 Å². The van der Waals surface area contributed by atoms with E-state index >= 15 is 0 Å². The molecule has 0 aromatic carbocycles. The minimum atomic E-state index is -1.57. The lowest BCUT2D eigenvalue weighted by molar-refractivity contribution is -0.306. The number of carbonyl (C=O) groups is 3. The van der Waals surface area contributed by atoms with Gasteiger partial charge in [-0.1, -0.05) is 161 Å². The molecular formula is C72H114N2O20. The molecule has 94 heavy (non-hydrogen) atoms. The molecule has 22 heteroatoms. The van der Waals surface area contributed by atoms with Crippen LogP contribution < -0.4 is 11.1 Å². The van der Waals surface area contributed by atoms with Gasteiger partial charge in [-0.3, -0.25) is 14.4 Å². The van der Waals surface area contributed by atoms with Gasteiger partial charge in [0, 0.05) is 55.9 Å². The first kappa shape index (κ1) is 86.6. The molecule has 1 saturated heterocycles. The summed E-state index contributed by atoms with van der Waals surface area (Å²) in [6.07, 6.45) is 27.0. The number of Topliss-reactive ketones (excluding diaryl/α,β-unsaturated/α-hetero) is 2. The van der Waals surface area contributed by atoms with Crippen LogP contribution in [0.4, 0.5) is 0 Å². The van der Waals surface area contributed by atoms with Crippen molar-refractivity contribution in [3.8, 4) is 0 Å². The molecule has 0 aromatic heterocycles. The van der Waals surface area contributed by atoms with E-state index in [0.29, 0.717) is 19.4 Å². The molecule has 1 aliphatic carbocycles. The second-order valence-corrected chi connectivity index (χ2v) is 24.2. The molecule has 0 spiro atoms. The van der Waals surface area contributed by atoms with Gasteiger partial charge in [0.2, 0.25) is 5.91 Å². The number of nitrogens with one attached hydrogen (secondary N) is 1. The maximum Gasteiger partial charge on any atom is 0.248 e. The number of carbonyl (C=O) groups excluding carboxylic acids is 3. The number of aliphatic hydroxyl groups is 15. The Morgan fingerprint density at radius 1 is 0.585 bits per heavy atom. The van der Waals surface area contributed by atoms with Gasteiger partial charge in [0.15, 0.2) is 12.1 Å². The summed E-state index contributed by atoms with van der Waals surface area (Å²) >= 11 is 0. The highest BCUT2D eigenvalue weighted by atomic mass is 16.7. The highest BCUT2D eigenvalue weighted by Crippen LogP contribution is 2.28. The van der Waals surface area contributed by atoms with E-state index in [1.807, 2.05) is 94.5 Å². The molecular weight excluding hydrogens is 1210 g/mol. The molecule has 1 heterocycles.